The lowest BCUT2D eigenvalue weighted by molar-refractivity contribution is -0.120. The predicted octanol–water partition coefficient (Wildman–Crippen LogP) is 4.75. The van der Waals surface area contributed by atoms with Crippen molar-refractivity contribution in [3.8, 4) is 5.75 Å². The maximum Gasteiger partial charge on any atom is 0.298 e. The Balaban J connectivity index is 2.14. The van der Waals surface area contributed by atoms with Gasteiger partial charge < -0.3 is 4.74 Å². The molecule has 0 unspecified atom stereocenters. The highest BCUT2D eigenvalue weighted by atomic mass is 35.5. The maximum atomic E-state index is 10.5. The van der Waals surface area contributed by atoms with E-state index >= 15 is 0 Å². The fourth-order valence-electron chi connectivity index (χ4n) is 2.65. The first-order valence-corrected chi connectivity index (χ1v) is 7.64. The van der Waals surface area contributed by atoms with Gasteiger partial charge in [0.15, 0.2) is 0 Å². The van der Waals surface area contributed by atoms with E-state index in [0.717, 1.165) is 16.7 Å². The Kier molecular flexibility index (Phi) is 4.45. The molecule has 0 aromatic heterocycles. The van der Waals surface area contributed by atoms with Gasteiger partial charge in [-0.3, -0.25) is 4.79 Å². The highest BCUT2D eigenvalue weighted by Gasteiger charge is 2.33. The van der Waals surface area contributed by atoms with Gasteiger partial charge in [-0.15, -0.1) is 11.6 Å². The molecule has 3 rings (SSSR count). The number of halogens is 1. The van der Waals surface area contributed by atoms with Crippen LogP contribution < -0.4 is 4.74 Å². The normalized spacial score (nSPS) is 11.0. The largest absolute Gasteiger partial charge is 0.429 e. The van der Waals surface area contributed by atoms with Crippen molar-refractivity contribution in [2.24, 2.45) is 0 Å². The van der Waals surface area contributed by atoms with Gasteiger partial charge in [0.05, 0.1) is 0 Å². The second-order valence-corrected chi connectivity index (χ2v) is 5.70. The van der Waals surface area contributed by atoms with Crippen LogP contribution in [-0.2, 0) is 9.67 Å². The summed E-state index contributed by atoms with van der Waals surface area (Å²) in [5, 5.41) is 0. The van der Waals surface area contributed by atoms with Crippen molar-refractivity contribution in [2.45, 2.75) is 4.87 Å². The van der Waals surface area contributed by atoms with E-state index in [4.69, 9.17) is 16.3 Å². The van der Waals surface area contributed by atoms with Crippen LogP contribution >= 0.6 is 11.6 Å². The monoisotopic (exact) mass is 322 g/mol. The summed E-state index contributed by atoms with van der Waals surface area (Å²) >= 11 is 7.13. The molecule has 23 heavy (non-hydrogen) atoms. The number of carbonyl (C=O) groups is 1. The first kappa shape index (κ1) is 15.3. The van der Waals surface area contributed by atoms with Gasteiger partial charge in [0.2, 0.25) is 0 Å². The number of alkyl halides is 1. The summed E-state index contributed by atoms with van der Waals surface area (Å²) in [6, 6.07) is 27.1. The zero-order valence-corrected chi connectivity index (χ0v) is 13.1. The Bertz CT molecular complexity index is 728. The van der Waals surface area contributed by atoms with E-state index < -0.39 is 4.87 Å². The lowest BCUT2D eigenvalue weighted by Gasteiger charge is -2.29. The van der Waals surface area contributed by atoms with Crippen molar-refractivity contribution >= 4 is 18.1 Å². The van der Waals surface area contributed by atoms with Crippen molar-refractivity contribution < 1.29 is 9.53 Å². The molecule has 3 aromatic carbocycles. The zero-order chi connectivity index (χ0) is 16.1. The molecule has 0 bridgehead atoms. The maximum absolute atomic E-state index is 10.5. The molecule has 0 atom stereocenters. The van der Waals surface area contributed by atoms with Gasteiger partial charge in [0.25, 0.3) is 6.47 Å². The average molecular weight is 323 g/mol. The third-order valence-electron chi connectivity index (χ3n) is 3.78. The third-order valence-corrected chi connectivity index (χ3v) is 4.43. The minimum Gasteiger partial charge on any atom is -0.429 e. The Morgan fingerprint density at radius 3 is 1.57 bits per heavy atom. The van der Waals surface area contributed by atoms with Crippen LogP contribution in [0.1, 0.15) is 16.7 Å². The van der Waals surface area contributed by atoms with Crippen LogP contribution in [0.2, 0.25) is 0 Å². The molecule has 0 fully saturated rings. The van der Waals surface area contributed by atoms with Crippen LogP contribution in [-0.4, -0.2) is 6.47 Å². The quantitative estimate of drug-likeness (QED) is 0.385. The van der Waals surface area contributed by atoms with E-state index in [2.05, 4.69) is 0 Å². The average Bonchev–Trinajstić information content (AvgIpc) is 2.63. The fourth-order valence-corrected chi connectivity index (χ4v) is 3.03. The Hall–Kier alpha value is -2.58. The second kappa shape index (κ2) is 6.67. The fraction of sp³-hybridized carbons (Fsp3) is 0.0500. The van der Waals surface area contributed by atoms with E-state index in [9.17, 15) is 4.79 Å². The first-order valence-electron chi connectivity index (χ1n) is 7.26. The van der Waals surface area contributed by atoms with Crippen LogP contribution in [0.3, 0.4) is 0 Å². The molecule has 0 aliphatic rings. The van der Waals surface area contributed by atoms with Gasteiger partial charge in [-0.25, -0.2) is 0 Å². The molecule has 0 N–H and O–H groups in total. The summed E-state index contributed by atoms with van der Waals surface area (Å²) in [7, 11) is 0. The second-order valence-electron chi connectivity index (χ2n) is 5.13. The van der Waals surface area contributed by atoms with Crippen LogP contribution in [0.15, 0.2) is 84.9 Å². The summed E-state index contributed by atoms with van der Waals surface area (Å²) in [4.78, 5) is 9.65. The van der Waals surface area contributed by atoms with Crippen LogP contribution in [0.25, 0.3) is 0 Å². The Labute approximate surface area is 140 Å². The van der Waals surface area contributed by atoms with Gasteiger partial charge in [-0.1, -0.05) is 72.8 Å². The molecule has 0 radical (unpaired) electrons. The van der Waals surface area contributed by atoms with E-state index in [1.54, 1.807) is 12.1 Å². The molecule has 3 aromatic rings. The van der Waals surface area contributed by atoms with Crippen molar-refractivity contribution in [1.29, 1.82) is 0 Å². The number of benzene rings is 3. The molecule has 0 aliphatic heterocycles. The molecule has 2 nitrogen and oxygen atoms in total. The minimum absolute atomic E-state index is 0.414. The molecule has 114 valence electrons. The lowest BCUT2D eigenvalue weighted by atomic mass is 9.84. The van der Waals surface area contributed by atoms with Gasteiger partial charge in [0, 0.05) is 0 Å². The molecule has 0 saturated carbocycles. The molecule has 0 heterocycles. The van der Waals surface area contributed by atoms with Crippen molar-refractivity contribution in [3.63, 3.8) is 0 Å². The van der Waals surface area contributed by atoms with E-state index in [1.807, 2.05) is 72.8 Å². The first-order chi connectivity index (χ1) is 11.2. The number of hydrogen-bond acceptors (Lipinski definition) is 2. The van der Waals surface area contributed by atoms with E-state index in [-0.39, 0.29) is 0 Å². The Morgan fingerprint density at radius 2 is 1.13 bits per heavy atom. The standard InChI is InChI=1S/C20H15ClO2/c21-20(16-7-3-1-4-8-16,17-9-5-2-6-10-17)18-11-13-19(14-12-18)23-15-22/h1-15H. The smallest absolute Gasteiger partial charge is 0.298 e. The van der Waals surface area contributed by atoms with Gasteiger partial charge >= 0.3 is 0 Å². The van der Waals surface area contributed by atoms with E-state index in [0.29, 0.717) is 12.2 Å². The summed E-state index contributed by atoms with van der Waals surface area (Å²) in [5.41, 5.74) is 2.88. The minimum atomic E-state index is -0.803. The Morgan fingerprint density at radius 1 is 0.696 bits per heavy atom. The summed E-state index contributed by atoms with van der Waals surface area (Å²) in [6.45, 7) is 0.414. The molecule has 0 aliphatic carbocycles. The van der Waals surface area contributed by atoms with Crippen LogP contribution in [0.4, 0.5) is 0 Å². The van der Waals surface area contributed by atoms with Crippen LogP contribution in [0.5, 0.6) is 5.75 Å². The number of hydrogen-bond donors (Lipinski definition) is 0. The molecule has 0 saturated heterocycles. The van der Waals surface area contributed by atoms with Crippen molar-refractivity contribution in [1.82, 2.24) is 0 Å². The van der Waals surface area contributed by atoms with Crippen LogP contribution in [0, 0.1) is 0 Å². The highest BCUT2D eigenvalue weighted by molar-refractivity contribution is 6.28. The molecular formula is C20H15ClO2. The molecule has 3 heteroatoms. The molecular weight excluding hydrogens is 308 g/mol. The van der Waals surface area contributed by atoms with Gasteiger partial charge in [-0.05, 0) is 28.8 Å². The molecule has 0 spiro atoms. The van der Waals surface area contributed by atoms with Gasteiger partial charge in [-0.2, -0.15) is 0 Å². The summed E-state index contributed by atoms with van der Waals surface area (Å²) in [5.74, 6) is 0.490. The number of carbonyl (C=O) groups excluding carboxylic acids is 1. The predicted molar refractivity (Wildman–Crippen MR) is 91.8 cm³/mol. The lowest BCUT2D eigenvalue weighted by Crippen LogP contribution is -2.22. The SMILES string of the molecule is O=COc1ccc(C(Cl)(c2ccccc2)c2ccccc2)cc1. The topological polar surface area (TPSA) is 26.3 Å². The number of rotatable bonds is 5. The highest BCUT2D eigenvalue weighted by Crippen LogP contribution is 2.43. The molecule has 0 amide bonds. The third kappa shape index (κ3) is 2.99. The number of ether oxygens (including phenoxy) is 1. The van der Waals surface area contributed by atoms with E-state index in [1.165, 1.54) is 0 Å². The summed E-state index contributed by atoms with van der Waals surface area (Å²) in [6.07, 6.45) is 0. The van der Waals surface area contributed by atoms with Gasteiger partial charge in [0.1, 0.15) is 10.6 Å². The summed E-state index contributed by atoms with van der Waals surface area (Å²) < 4.78 is 4.86. The van der Waals surface area contributed by atoms with Crippen molar-refractivity contribution in [2.75, 3.05) is 0 Å². The van der Waals surface area contributed by atoms with Crippen molar-refractivity contribution in [3.05, 3.63) is 102 Å². The zero-order valence-electron chi connectivity index (χ0n) is 12.4.